The number of hydrogen-bond donors (Lipinski definition) is 0. The molecule has 4 rings (SSSR count). The van der Waals surface area contributed by atoms with Crippen molar-refractivity contribution in [3.8, 4) is 0 Å². The molecule has 3 heteroatoms. The minimum atomic E-state index is 0.130. The molecular formula is C17H19NO2. The van der Waals surface area contributed by atoms with Crippen molar-refractivity contribution in [2.45, 2.75) is 26.7 Å². The SMILES string of the molecule is CCC12CC1CN(C(=O)c1cccc3cc(C)oc13)C2. The highest BCUT2D eigenvalue weighted by Gasteiger charge is 2.59. The predicted octanol–water partition coefficient (Wildman–Crippen LogP) is 3.61. The van der Waals surface area contributed by atoms with Crippen LogP contribution in [0.1, 0.15) is 35.9 Å². The zero-order valence-electron chi connectivity index (χ0n) is 12.0. The summed E-state index contributed by atoms with van der Waals surface area (Å²) in [7, 11) is 0. The van der Waals surface area contributed by atoms with Gasteiger partial charge in [-0.25, -0.2) is 0 Å². The van der Waals surface area contributed by atoms with E-state index in [9.17, 15) is 4.79 Å². The van der Waals surface area contributed by atoms with Gasteiger partial charge >= 0.3 is 0 Å². The quantitative estimate of drug-likeness (QED) is 0.834. The van der Waals surface area contributed by atoms with Crippen LogP contribution < -0.4 is 0 Å². The summed E-state index contributed by atoms with van der Waals surface area (Å²) in [5, 5.41) is 1.02. The highest BCUT2D eigenvalue weighted by Crippen LogP contribution is 2.60. The largest absolute Gasteiger partial charge is 0.461 e. The Labute approximate surface area is 118 Å². The normalized spacial score (nSPS) is 27.9. The van der Waals surface area contributed by atoms with Crippen LogP contribution in [-0.4, -0.2) is 23.9 Å². The van der Waals surface area contributed by atoms with Gasteiger partial charge in [0.2, 0.25) is 0 Å². The Kier molecular flexibility index (Phi) is 2.33. The van der Waals surface area contributed by atoms with Crippen LogP contribution in [-0.2, 0) is 0 Å². The van der Waals surface area contributed by atoms with Gasteiger partial charge in [-0.2, -0.15) is 0 Å². The molecule has 2 atom stereocenters. The lowest BCUT2D eigenvalue weighted by atomic mass is 10.0. The average molecular weight is 269 g/mol. The Morgan fingerprint density at radius 1 is 1.50 bits per heavy atom. The molecule has 0 spiro atoms. The Morgan fingerprint density at radius 2 is 2.35 bits per heavy atom. The molecule has 1 aromatic carbocycles. The molecule has 1 aliphatic heterocycles. The molecule has 20 heavy (non-hydrogen) atoms. The molecule has 1 aromatic heterocycles. The van der Waals surface area contributed by atoms with Gasteiger partial charge in [0.25, 0.3) is 5.91 Å². The zero-order valence-corrected chi connectivity index (χ0v) is 12.0. The summed E-state index contributed by atoms with van der Waals surface area (Å²) in [5.41, 5.74) is 1.88. The fourth-order valence-corrected chi connectivity index (χ4v) is 3.82. The molecule has 1 amide bonds. The van der Waals surface area contributed by atoms with Crippen LogP contribution in [0.25, 0.3) is 11.0 Å². The lowest BCUT2D eigenvalue weighted by Gasteiger charge is -2.20. The lowest BCUT2D eigenvalue weighted by molar-refractivity contribution is 0.0765. The molecule has 1 saturated carbocycles. The molecule has 1 aliphatic carbocycles. The smallest absolute Gasteiger partial charge is 0.257 e. The van der Waals surface area contributed by atoms with Gasteiger partial charge < -0.3 is 9.32 Å². The van der Waals surface area contributed by atoms with Gasteiger partial charge in [0.1, 0.15) is 11.3 Å². The summed E-state index contributed by atoms with van der Waals surface area (Å²) in [5.74, 6) is 1.72. The first kappa shape index (κ1) is 12.0. The highest BCUT2D eigenvalue weighted by atomic mass is 16.3. The minimum absolute atomic E-state index is 0.130. The number of carbonyl (C=O) groups excluding carboxylic acids is 1. The molecule has 2 fully saturated rings. The van der Waals surface area contributed by atoms with E-state index in [0.29, 0.717) is 11.0 Å². The van der Waals surface area contributed by atoms with Crippen LogP contribution in [0.15, 0.2) is 28.7 Å². The second-order valence-corrected chi connectivity index (χ2v) is 6.38. The number of carbonyl (C=O) groups is 1. The maximum absolute atomic E-state index is 12.8. The van der Waals surface area contributed by atoms with E-state index >= 15 is 0 Å². The number of fused-ring (bicyclic) bond motifs is 2. The fourth-order valence-electron chi connectivity index (χ4n) is 3.82. The molecular weight excluding hydrogens is 250 g/mol. The molecule has 0 radical (unpaired) electrons. The Morgan fingerprint density at radius 3 is 3.10 bits per heavy atom. The maximum atomic E-state index is 12.8. The van der Waals surface area contributed by atoms with Crippen LogP contribution in [0.4, 0.5) is 0 Å². The molecule has 2 aliphatic rings. The number of rotatable bonds is 2. The molecule has 3 nitrogen and oxygen atoms in total. The monoisotopic (exact) mass is 269 g/mol. The summed E-state index contributed by atoms with van der Waals surface area (Å²) < 4.78 is 5.72. The number of amides is 1. The number of hydrogen-bond acceptors (Lipinski definition) is 2. The standard InChI is InChI=1S/C17H19NO2/c1-3-17-8-13(17)9-18(10-17)16(19)14-6-4-5-12-7-11(2)20-15(12)14/h4-7,13H,3,8-10H2,1-2H3. The van der Waals surface area contributed by atoms with E-state index in [-0.39, 0.29) is 5.91 Å². The van der Waals surface area contributed by atoms with Gasteiger partial charge in [-0.3, -0.25) is 4.79 Å². The van der Waals surface area contributed by atoms with Crippen LogP contribution in [0.3, 0.4) is 0 Å². The number of nitrogens with zero attached hydrogens (tertiary/aromatic N) is 1. The van der Waals surface area contributed by atoms with Crippen molar-refractivity contribution in [1.82, 2.24) is 4.90 Å². The summed E-state index contributed by atoms with van der Waals surface area (Å²) >= 11 is 0. The topological polar surface area (TPSA) is 33.5 Å². The third kappa shape index (κ3) is 1.55. The number of piperidine rings is 1. The van der Waals surface area contributed by atoms with E-state index in [1.807, 2.05) is 36.1 Å². The molecule has 2 unspecified atom stereocenters. The summed E-state index contributed by atoms with van der Waals surface area (Å²) in [6.07, 6.45) is 2.49. The van der Waals surface area contributed by atoms with Gasteiger partial charge in [0, 0.05) is 18.5 Å². The van der Waals surface area contributed by atoms with Gasteiger partial charge in [0.05, 0.1) is 5.56 Å². The summed E-state index contributed by atoms with van der Waals surface area (Å²) in [6, 6.07) is 7.81. The van der Waals surface area contributed by atoms with Crippen molar-refractivity contribution in [1.29, 1.82) is 0 Å². The van der Waals surface area contributed by atoms with Crippen LogP contribution in [0.5, 0.6) is 0 Å². The molecule has 0 bridgehead atoms. The minimum Gasteiger partial charge on any atom is -0.461 e. The lowest BCUT2D eigenvalue weighted by Crippen LogP contribution is -2.31. The van der Waals surface area contributed by atoms with Crippen molar-refractivity contribution in [2.24, 2.45) is 11.3 Å². The van der Waals surface area contributed by atoms with Crippen LogP contribution >= 0.6 is 0 Å². The van der Waals surface area contributed by atoms with E-state index in [2.05, 4.69) is 6.92 Å². The zero-order chi connectivity index (χ0) is 13.9. The summed E-state index contributed by atoms with van der Waals surface area (Å²) in [6.45, 7) is 6.00. The van der Waals surface area contributed by atoms with E-state index in [1.54, 1.807) is 0 Å². The van der Waals surface area contributed by atoms with Gasteiger partial charge in [-0.15, -0.1) is 0 Å². The average Bonchev–Trinajstić information content (AvgIpc) is 2.81. The van der Waals surface area contributed by atoms with Gasteiger partial charge in [-0.05, 0) is 43.2 Å². The molecule has 2 heterocycles. The van der Waals surface area contributed by atoms with Gasteiger partial charge in [0.15, 0.2) is 0 Å². The second-order valence-electron chi connectivity index (χ2n) is 6.38. The Bertz CT molecular complexity index is 698. The number of benzene rings is 1. The van der Waals surface area contributed by atoms with Crippen molar-refractivity contribution in [3.05, 3.63) is 35.6 Å². The fraction of sp³-hybridized carbons (Fsp3) is 0.471. The van der Waals surface area contributed by atoms with Crippen molar-refractivity contribution in [2.75, 3.05) is 13.1 Å². The first-order valence-corrected chi connectivity index (χ1v) is 7.41. The van der Waals surface area contributed by atoms with E-state index in [1.165, 1.54) is 12.8 Å². The van der Waals surface area contributed by atoms with E-state index in [0.717, 1.165) is 35.7 Å². The molecule has 0 N–H and O–H groups in total. The second kappa shape index (κ2) is 3.87. The Hall–Kier alpha value is -1.77. The third-order valence-corrected chi connectivity index (χ3v) is 5.19. The predicted molar refractivity (Wildman–Crippen MR) is 77.7 cm³/mol. The summed E-state index contributed by atoms with van der Waals surface area (Å²) in [4.78, 5) is 14.8. The van der Waals surface area contributed by atoms with Crippen LogP contribution in [0, 0.1) is 18.3 Å². The number of furan rings is 1. The van der Waals surface area contributed by atoms with E-state index < -0.39 is 0 Å². The number of aryl methyl sites for hydroxylation is 1. The van der Waals surface area contributed by atoms with E-state index in [4.69, 9.17) is 4.42 Å². The Balaban J connectivity index is 1.68. The highest BCUT2D eigenvalue weighted by molar-refractivity contribution is 6.05. The molecule has 1 saturated heterocycles. The van der Waals surface area contributed by atoms with Crippen molar-refractivity contribution < 1.29 is 9.21 Å². The van der Waals surface area contributed by atoms with Crippen molar-refractivity contribution in [3.63, 3.8) is 0 Å². The number of para-hydroxylation sites is 1. The first-order valence-electron chi connectivity index (χ1n) is 7.41. The molecule has 2 aromatic rings. The first-order chi connectivity index (χ1) is 9.63. The number of likely N-dealkylation sites (tertiary alicyclic amines) is 1. The van der Waals surface area contributed by atoms with Crippen LogP contribution in [0.2, 0.25) is 0 Å². The third-order valence-electron chi connectivity index (χ3n) is 5.19. The van der Waals surface area contributed by atoms with Crippen molar-refractivity contribution >= 4 is 16.9 Å². The molecule has 104 valence electrons. The maximum Gasteiger partial charge on any atom is 0.257 e. The van der Waals surface area contributed by atoms with Gasteiger partial charge in [-0.1, -0.05) is 19.1 Å².